The summed E-state index contributed by atoms with van der Waals surface area (Å²) in [6.45, 7) is 5.00. The van der Waals surface area contributed by atoms with E-state index in [-0.39, 0.29) is 23.4 Å². The number of carbonyl (C=O) groups is 2. The summed E-state index contributed by atoms with van der Waals surface area (Å²) >= 11 is 0. The molecule has 0 aromatic heterocycles. The fourth-order valence-electron chi connectivity index (χ4n) is 4.21. The van der Waals surface area contributed by atoms with Crippen molar-refractivity contribution in [1.29, 1.82) is 0 Å². The quantitative estimate of drug-likeness (QED) is 0.770. The molecule has 0 radical (unpaired) electrons. The molecular weight excluding hydrogens is 386 g/mol. The number of rotatable bonds is 6. The topological polar surface area (TPSA) is 49.4 Å². The lowest BCUT2D eigenvalue weighted by Gasteiger charge is -2.34. The van der Waals surface area contributed by atoms with Gasteiger partial charge in [0.05, 0.1) is 11.6 Å². The zero-order chi connectivity index (χ0) is 21.4. The van der Waals surface area contributed by atoms with Crippen LogP contribution in [0.1, 0.15) is 49.4 Å². The summed E-state index contributed by atoms with van der Waals surface area (Å²) in [7, 11) is 0. The summed E-state index contributed by atoms with van der Waals surface area (Å²) in [6.07, 6.45) is 1.21. The molecule has 2 aromatic carbocycles. The number of hydrogen-bond acceptors (Lipinski definition) is 3. The molecule has 2 atom stereocenters. The molecule has 156 valence electrons. The lowest BCUT2D eigenvalue weighted by atomic mass is 9.91. The number of benzene rings is 2. The molecule has 1 heterocycles. The highest BCUT2D eigenvalue weighted by Gasteiger charge is 2.43. The predicted molar refractivity (Wildman–Crippen MR) is 110 cm³/mol. The van der Waals surface area contributed by atoms with E-state index in [0.717, 1.165) is 12.1 Å². The van der Waals surface area contributed by atoms with Gasteiger partial charge in [-0.05, 0) is 42.7 Å². The first-order valence-electron chi connectivity index (χ1n) is 10.2. The maximum Gasteiger partial charge on any atom is 0.254 e. The van der Waals surface area contributed by atoms with Gasteiger partial charge in [-0.15, -0.1) is 0 Å². The molecule has 1 aliphatic carbocycles. The molecule has 6 heteroatoms. The molecule has 4 nitrogen and oxygen atoms in total. The summed E-state index contributed by atoms with van der Waals surface area (Å²) in [4.78, 5) is 27.3. The van der Waals surface area contributed by atoms with Crippen molar-refractivity contribution in [2.24, 2.45) is 5.92 Å². The van der Waals surface area contributed by atoms with Crippen LogP contribution in [-0.2, 0) is 16.1 Å². The van der Waals surface area contributed by atoms with Gasteiger partial charge in [-0.25, -0.2) is 8.78 Å². The Morgan fingerprint density at radius 1 is 1.23 bits per heavy atom. The first-order valence-corrected chi connectivity index (χ1v) is 10.2. The Hall–Kier alpha value is -3.02. The molecule has 2 aliphatic rings. The van der Waals surface area contributed by atoms with Gasteiger partial charge in [-0.1, -0.05) is 31.2 Å². The number of carbonyl (C=O) groups excluding carboxylic acids is 2. The van der Waals surface area contributed by atoms with E-state index in [9.17, 15) is 18.4 Å². The number of ketones is 1. The van der Waals surface area contributed by atoms with Crippen molar-refractivity contribution in [3.8, 4) is 0 Å². The molecule has 0 saturated heterocycles. The van der Waals surface area contributed by atoms with Crippen LogP contribution in [0.15, 0.2) is 48.2 Å². The Bertz CT molecular complexity index is 1050. The zero-order valence-corrected chi connectivity index (χ0v) is 17.0. The van der Waals surface area contributed by atoms with Crippen LogP contribution in [0.25, 0.3) is 5.57 Å². The molecule has 1 amide bonds. The molecule has 1 unspecified atom stereocenters. The molecular formula is C24H24F2N2O2. The van der Waals surface area contributed by atoms with Gasteiger partial charge in [-0.3, -0.25) is 9.59 Å². The number of amides is 1. The van der Waals surface area contributed by atoms with Crippen LogP contribution >= 0.6 is 0 Å². The normalized spacial score (nSPS) is 18.9. The average molecular weight is 410 g/mol. The van der Waals surface area contributed by atoms with Crippen LogP contribution in [0.3, 0.4) is 0 Å². The standard InChI is InChI=1S/C24H24F2N2O2/c1-3-10-28-13-19-17(8-5-9-20(19)26)22(14(28)2)24(30)27-23(18-12-21(18)29)15-6-4-7-16(25)11-15/h4-9,11,18,23H,3,10,12-13H2,1-2H3,(H,27,30)/t18?,23-/m1/s1. The molecule has 1 N–H and O–H groups in total. The smallest absolute Gasteiger partial charge is 0.254 e. The van der Waals surface area contributed by atoms with E-state index in [1.807, 2.05) is 18.7 Å². The van der Waals surface area contributed by atoms with Crippen molar-refractivity contribution in [3.05, 3.63) is 76.5 Å². The summed E-state index contributed by atoms with van der Waals surface area (Å²) in [5.41, 5.74) is 2.79. The number of hydrogen-bond donors (Lipinski definition) is 1. The minimum absolute atomic E-state index is 0.0398. The van der Waals surface area contributed by atoms with E-state index >= 15 is 0 Å². The number of nitrogens with one attached hydrogen (secondary N) is 1. The van der Waals surface area contributed by atoms with Crippen LogP contribution in [0.4, 0.5) is 8.78 Å². The average Bonchev–Trinajstić information content (AvgIpc) is 3.43. The summed E-state index contributed by atoms with van der Waals surface area (Å²) < 4.78 is 28.3. The van der Waals surface area contributed by atoms with Gasteiger partial charge in [0.25, 0.3) is 5.91 Å². The Labute approximate surface area is 174 Å². The van der Waals surface area contributed by atoms with E-state index in [4.69, 9.17) is 0 Å². The Kier molecular flexibility index (Phi) is 5.41. The van der Waals surface area contributed by atoms with Crippen LogP contribution in [0, 0.1) is 17.6 Å². The molecule has 1 aliphatic heterocycles. The number of fused-ring (bicyclic) bond motifs is 1. The molecule has 1 saturated carbocycles. The largest absolute Gasteiger partial charge is 0.370 e. The summed E-state index contributed by atoms with van der Waals surface area (Å²) in [5.74, 6) is -1.47. The van der Waals surface area contributed by atoms with Gasteiger partial charge in [-0.2, -0.15) is 0 Å². The highest BCUT2D eigenvalue weighted by atomic mass is 19.1. The van der Waals surface area contributed by atoms with Crippen LogP contribution in [0.2, 0.25) is 0 Å². The van der Waals surface area contributed by atoms with Crippen molar-refractivity contribution < 1.29 is 18.4 Å². The molecule has 0 spiro atoms. The molecule has 2 aromatic rings. The monoisotopic (exact) mass is 410 g/mol. The van der Waals surface area contributed by atoms with Gasteiger partial charge < -0.3 is 10.2 Å². The van der Waals surface area contributed by atoms with Crippen LogP contribution < -0.4 is 5.32 Å². The maximum absolute atomic E-state index is 14.5. The lowest BCUT2D eigenvalue weighted by Crippen LogP contribution is -2.36. The van der Waals surface area contributed by atoms with E-state index in [2.05, 4.69) is 5.32 Å². The third-order valence-corrected chi connectivity index (χ3v) is 5.87. The van der Waals surface area contributed by atoms with E-state index < -0.39 is 11.9 Å². The second-order valence-corrected chi connectivity index (χ2v) is 7.93. The summed E-state index contributed by atoms with van der Waals surface area (Å²) in [5, 5.41) is 2.94. The molecule has 4 rings (SSSR count). The SMILES string of the molecule is CCCN1Cc2c(F)cccc2C(C(=O)N[C@H](c2cccc(F)c2)C2CC2=O)=C1C. The van der Waals surface area contributed by atoms with Gasteiger partial charge in [0.1, 0.15) is 17.4 Å². The molecule has 1 fully saturated rings. The number of halogens is 2. The Balaban J connectivity index is 1.72. The maximum atomic E-state index is 14.5. The number of allylic oxidation sites excluding steroid dienone is 1. The summed E-state index contributed by atoms with van der Waals surface area (Å²) in [6, 6.07) is 10.1. The number of Topliss-reactive ketones (excluding diaryl/α,β-unsaturated/α-hetero) is 1. The first kappa shape index (κ1) is 20.3. The highest BCUT2D eigenvalue weighted by Crippen LogP contribution is 2.39. The second-order valence-electron chi connectivity index (χ2n) is 7.93. The first-order chi connectivity index (χ1) is 14.4. The number of nitrogens with zero attached hydrogens (tertiary/aromatic N) is 1. The van der Waals surface area contributed by atoms with E-state index in [1.54, 1.807) is 24.3 Å². The van der Waals surface area contributed by atoms with Crippen molar-refractivity contribution >= 4 is 17.3 Å². The molecule has 30 heavy (non-hydrogen) atoms. The van der Waals surface area contributed by atoms with Crippen molar-refractivity contribution in [3.63, 3.8) is 0 Å². The lowest BCUT2D eigenvalue weighted by molar-refractivity contribution is -0.116. The van der Waals surface area contributed by atoms with Crippen molar-refractivity contribution in [2.75, 3.05) is 6.54 Å². The van der Waals surface area contributed by atoms with Crippen LogP contribution in [0.5, 0.6) is 0 Å². The van der Waals surface area contributed by atoms with Crippen LogP contribution in [-0.4, -0.2) is 23.1 Å². The minimum Gasteiger partial charge on any atom is -0.370 e. The van der Waals surface area contributed by atoms with Gasteiger partial charge >= 0.3 is 0 Å². The molecule has 0 bridgehead atoms. The Morgan fingerprint density at radius 3 is 2.63 bits per heavy atom. The van der Waals surface area contributed by atoms with Gasteiger partial charge in [0, 0.05) is 36.7 Å². The fourth-order valence-corrected chi connectivity index (χ4v) is 4.21. The third-order valence-electron chi connectivity index (χ3n) is 5.87. The second kappa shape index (κ2) is 8.01. The zero-order valence-electron chi connectivity index (χ0n) is 17.0. The van der Waals surface area contributed by atoms with Crippen molar-refractivity contribution in [1.82, 2.24) is 10.2 Å². The third kappa shape index (κ3) is 3.74. The van der Waals surface area contributed by atoms with Gasteiger partial charge in [0.2, 0.25) is 0 Å². The van der Waals surface area contributed by atoms with Gasteiger partial charge in [0.15, 0.2) is 0 Å². The fraction of sp³-hybridized carbons (Fsp3) is 0.333. The Morgan fingerprint density at radius 2 is 1.97 bits per heavy atom. The van der Waals surface area contributed by atoms with Crippen molar-refractivity contribution in [2.45, 2.75) is 39.3 Å². The predicted octanol–water partition coefficient (Wildman–Crippen LogP) is 4.37. The minimum atomic E-state index is -0.612. The highest BCUT2D eigenvalue weighted by molar-refractivity contribution is 6.21. The van der Waals surface area contributed by atoms with E-state index in [0.29, 0.717) is 41.8 Å². The van der Waals surface area contributed by atoms with E-state index in [1.165, 1.54) is 18.2 Å².